The summed E-state index contributed by atoms with van der Waals surface area (Å²) in [6.45, 7) is 3.17. The Balaban J connectivity index is 1.96. The molecule has 0 aliphatic rings. The summed E-state index contributed by atoms with van der Waals surface area (Å²) in [5.74, 6) is 0.359. The Kier molecular flexibility index (Phi) is 4.77. The molecule has 1 amide bonds. The lowest BCUT2D eigenvalue weighted by molar-refractivity contribution is 0.100. The molecule has 0 saturated carbocycles. The highest BCUT2D eigenvalue weighted by molar-refractivity contribution is 5.98. The molecule has 0 fully saturated rings. The number of hydrogen-bond acceptors (Lipinski definition) is 4. The van der Waals surface area contributed by atoms with Crippen molar-refractivity contribution in [2.24, 2.45) is 5.73 Å². The van der Waals surface area contributed by atoms with Crippen molar-refractivity contribution < 1.29 is 9.53 Å². The lowest BCUT2D eigenvalue weighted by Crippen LogP contribution is -2.26. The Labute approximate surface area is 124 Å². The minimum atomic E-state index is -0.482. The average Bonchev–Trinajstić information content (AvgIpc) is 2.47. The number of pyridine rings is 1. The van der Waals surface area contributed by atoms with E-state index < -0.39 is 5.91 Å². The van der Waals surface area contributed by atoms with Crippen LogP contribution in [0.4, 0.5) is 5.69 Å². The molecule has 0 bridgehead atoms. The van der Waals surface area contributed by atoms with Crippen LogP contribution < -0.4 is 15.4 Å². The quantitative estimate of drug-likeness (QED) is 0.881. The molecule has 2 rings (SSSR count). The number of ether oxygens (including phenoxy) is 1. The number of aromatic nitrogens is 1. The van der Waals surface area contributed by atoms with Crippen LogP contribution in [0.15, 0.2) is 42.7 Å². The number of anilines is 1. The van der Waals surface area contributed by atoms with Gasteiger partial charge in [-0.2, -0.15) is 0 Å². The van der Waals surface area contributed by atoms with Crippen LogP contribution in [-0.2, 0) is 0 Å². The summed E-state index contributed by atoms with van der Waals surface area (Å²) in [5.41, 5.74) is 7.68. The molecule has 0 radical (unpaired) electrons. The number of aryl methyl sites for hydroxylation is 1. The smallest absolute Gasteiger partial charge is 0.252 e. The first-order valence-electron chi connectivity index (χ1n) is 6.72. The Bertz CT molecular complexity index is 628. The zero-order valence-corrected chi connectivity index (χ0v) is 12.2. The summed E-state index contributed by atoms with van der Waals surface area (Å²) in [7, 11) is 1.89. The van der Waals surface area contributed by atoms with Crippen LogP contribution in [0.3, 0.4) is 0 Å². The molecule has 0 spiro atoms. The van der Waals surface area contributed by atoms with Crippen LogP contribution in [0.5, 0.6) is 5.75 Å². The molecule has 0 unspecified atom stereocenters. The van der Waals surface area contributed by atoms with E-state index in [9.17, 15) is 4.79 Å². The van der Waals surface area contributed by atoms with E-state index in [0.29, 0.717) is 18.7 Å². The van der Waals surface area contributed by atoms with Gasteiger partial charge in [-0.3, -0.25) is 9.78 Å². The molecule has 1 heterocycles. The minimum Gasteiger partial charge on any atom is -0.492 e. The largest absolute Gasteiger partial charge is 0.492 e. The summed E-state index contributed by atoms with van der Waals surface area (Å²) in [6.07, 6.45) is 3.12. The van der Waals surface area contributed by atoms with E-state index in [4.69, 9.17) is 10.5 Å². The molecule has 0 saturated heterocycles. The van der Waals surface area contributed by atoms with Crippen molar-refractivity contribution >= 4 is 11.6 Å². The molecule has 21 heavy (non-hydrogen) atoms. The van der Waals surface area contributed by atoms with Crippen molar-refractivity contribution in [2.75, 3.05) is 25.1 Å². The van der Waals surface area contributed by atoms with Gasteiger partial charge in [0, 0.05) is 19.4 Å². The zero-order valence-electron chi connectivity index (χ0n) is 12.2. The molecule has 0 aliphatic heterocycles. The maximum Gasteiger partial charge on any atom is 0.252 e. The fourth-order valence-corrected chi connectivity index (χ4v) is 2.04. The number of primary amides is 1. The van der Waals surface area contributed by atoms with Gasteiger partial charge < -0.3 is 15.4 Å². The Hall–Kier alpha value is -2.56. The van der Waals surface area contributed by atoms with E-state index in [-0.39, 0.29) is 0 Å². The maximum absolute atomic E-state index is 11.4. The molecule has 110 valence electrons. The number of nitrogens with zero attached hydrogens (tertiary/aromatic N) is 2. The average molecular weight is 285 g/mol. The number of nitrogens with two attached hydrogens (primary N) is 1. The number of rotatable bonds is 6. The highest BCUT2D eigenvalue weighted by Gasteiger charge is 2.11. The van der Waals surface area contributed by atoms with E-state index in [1.165, 1.54) is 6.20 Å². The molecule has 1 aromatic heterocycles. The second-order valence-corrected chi connectivity index (χ2v) is 4.84. The number of carbonyl (C=O) groups excluding carboxylic acids is 1. The SMILES string of the molecule is Cc1cccc(OCCN(C)c2ccncc2C(N)=O)c1. The topological polar surface area (TPSA) is 68.4 Å². The Morgan fingerprint density at radius 1 is 1.38 bits per heavy atom. The molecule has 5 heteroatoms. The van der Waals surface area contributed by atoms with Gasteiger partial charge in [0.05, 0.1) is 17.8 Å². The monoisotopic (exact) mass is 285 g/mol. The van der Waals surface area contributed by atoms with Gasteiger partial charge in [0.1, 0.15) is 12.4 Å². The lowest BCUT2D eigenvalue weighted by Gasteiger charge is -2.21. The first-order valence-corrected chi connectivity index (χ1v) is 6.72. The highest BCUT2D eigenvalue weighted by Crippen LogP contribution is 2.17. The van der Waals surface area contributed by atoms with Crippen LogP contribution in [0.2, 0.25) is 0 Å². The number of likely N-dealkylation sites (N-methyl/N-ethyl adjacent to an activating group) is 1. The molecular weight excluding hydrogens is 266 g/mol. The third kappa shape index (κ3) is 3.95. The Morgan fingerprint density at radius 2 is 2.19 bits per heavy atom. The third-order valence-electron chi connectivity index (χ3n) is 3.16. The fourth-order valence-electron chi connectivity index (χ4n) is 2.04. The molecular formula is C16H19N3O2. The van der Waals surface area contributed by atoms with Crippen molar-refractivity contribution in [1.82, 2.24) is 4.98 Å². The van der Waals surface area contributed by atoms with Crippen molar-refractivity contribution in [3.8, 4) is 5.75 Å². The van der Waals surface area contributed by atoms with Gasteiger partial charge in [-0.15, -0.1) is 0 Å². The lowest BCUT2D eigenvalue weighted by atomic mass is 10.2. The van der Waals surface area contributed by atoms with Crippen molar-refractivity contribution in [2.45, 2.75) is 6.92 Å². The number of benzene rings is 1. The van der Waals surface area contributed by atoms with Gasteiger partial charge >= 0.3 is 0 Å². The maximum atomic E-state index is 11.4. The number of amides is 1. The van der Waals surface area contributed by atoms with Crippen LogP contribution >= 0.6 is 0 Å². The van der Waals surface area contributed by atoms with E-state index in [0.717, 1.165) is 17.0 Å². The van der Waals surface area contributed by atoms with Gasteiger partial charge in [0.25, 0.3) is 5.91 Å². The summed E-state index contributed by atoms with van der Waals surface area (Å²) in [4.78, 5) is 17.2. The minimum absolute atomic E-state index is 0.413. The van der Waals surface area contributed by atoms with Crippen LogP contribution in [0.1, 0.15) is 15.9 Å². The first-order chi connectivity index (χ1) is 10.1. The van der Waals surface area contributed by atoms with E-state index in [1.807, 2.05) is 43.1 Å². The van der Waals surface area contributed by atoms with E-state index >= 15 is 0 Å². The van der Waals surface area contributed by atoms with E-state index in [2.05, 4.69) is 4.98 Å². The number of carbonyl (C=O) groups is 1. The first kappa shape index (κ1) is 14.8. The molecule has 0 aliphatic carbocycles. The molecule has 5 nitrogen and oxygen atoms in total. The van der Waals surface area contributed by atoms with Crippen LogP contribution in [0, 0.1) is 6.92 Å². The fraction of sp³-hybridized carbons (Fsp3) is 0.250. The summed E-state index contributed by atoms with van der Waals surface area (Å²) < 4.78 is 5.71. The van der Waals surface area contributed by atoms with Gasteiger partial charge in [0.2, 0.25) is 0 Å². The van der Waals surface area contributed by atoms with Gasteiger partial charge in [-0.05, 0) is 30.7 Å². The second kappa shape index (κ2) is 6.74. The summed E-state index contributed by atoms with van der Waals surface area (Å²) in [5, 5.41) is 0. The zero-order chi connectivity index (χ0) is 15.2. The van der Waals surface area contributed by atoms with Crippen molar-refractivity contribution in [3.05, 3.63) is 53.9 Å². The molecule has 1 aromatic carbocycles. The Morgan fingerprint density at radius 3 is 2.90 bits per heavy atom. The number of hydrogen-bond donors (Lipinski definition) is 1. The predicted molar refractivity (Wildman–Crippen MR) is 82.7 cm³/mol. The second-order valence-electron chi connectivity index (χ2n) is 4.84. The summed E-state index contributed by atoms with van der Waals surface area (Å²) >= 11 is 0. The van der Waals surface area contributed by atoms with Gasteiger partial charge in [0.15, 0.2) is 0 Å². The van der Waals surface area contributed by atoms with E-state index in [1.54, 1.807) is 12.3 Å². The summed E-state index contributed by atoms with van der Waals surface area (Å²) in [6, 6.07) is 9.67. The predicted octanol–water partition coefficient (Wildman–Crippen LogP) is 2.00. The normalized spacial score (nSPS) is 10.2. The van der Waals surface area contributed by atoms with Crippen molar-refractivity contribution in [3.63, 3.8) is 0 Å². The standard InChI is InChI=1S/C16H19N3O2/c1-12-4-3-5-13(10-12)21-9-8-19(2)15-6-7-18-11-14(15)16(17)20/h3-7,10-11H,8-9H2,1-2H3,(H2,17,20). The van der Waals surface area contributed by atoms with Crippen LogP contribution in [-0.4, -0.2) is 31.1 Å². The van der Waals surface area contributed by atoms with Gasteiger partial charge in [-0.1, -0.05) is 12.1 Å². The van der Waals surface area contributed by atoms with Gasteiger partial charge in [-0.25, -0.2) is 0 Å². The molecule has 2 N–H and O–H groups in total. The third-order valence-corrected chi connectivity index (χ3v) is 3.16. The molecule has 0 atom stereocenters. The van der Waals surface area contributed by atoms with Crippen molar-refractivity contribution in [1.29, 1.82) is 0 Å². The van der Waals surface area contributed by atoms with Crippen LogP contribution in [0.25, 0.3) is 0 Å². The highest BCUT2D eigenvalue weighted by atomic mass is 16.5. The molecule has 2 aromatic rings.